The molecule has 2 rings (SSSR count). The summed E-state index contributed by atoms with van der Waals surface area (Å²) in [7, 11) is 3.27. The van der Waals surface area contributed by atoms with E-state index in [1.807, 2.05) is 30.3 Å². The second-order valence-electron chi connectivity index (χ2n) is 4.93. The van der Waals surface area contributed by atoms with Crippen molar-refractivity contribution < 1.29 is 13.5 Å². The van der Waals surface area contributed by atoms with Crippen LogP contribution in [-0.4, -0.2) is 14.2 Å². The molecule has 0 fully saturated rings. The van der Waals surface area contributed by atoms with Crippen LogP contribution in [0.4, 0.5) is 8.78 Å². The minimum atomic E-state index is -0.827. The van der Waals surface area contributed by atoms with Gasteiger partial charge in [0.25, 0.3) is 0 Å². The van der Waals surface area contributed by atoms with Crippen LogP contribution >= 0.6 is 0 Å². The SMILES string of the molecule is CNC(c1ccc(C)c(F)c1F)C(OC)c1ccccc1. The van der Waals surface area contributed by atoms with Crippen molar-refractivity contribution in [3.8, 4) is 0 Å². The van der Waals surface area contributed by atoms with Crippen molar-refractivity contribution in [2.24, 2.45) is 0 Å². The third kappa shape index (κ3) is 3.12. The summed E-state index contributed by atoms with van der Waals surface area (Å²) in [5.41, 5.74) is 1.45. The van der Waals surface area contributed by atoms with Gasteiger partial charge in [-0.15, -0.1) is 0 Å². The predicted molar refractivity (Wildman–Crippen MR) is 79.1 cm³/mol. The molecule has 0 aliphatic heterocycles. The van der Waals surface area contributed by atoms with E-state index in [0.717, 1.165) is 5.56 Å². The number of ether oxygens (including phenoxy) is 1. The molecule has 2 unspecified atom stereocenters. The molecule has 1 N–H and O–H groups in total. The third-order valence-corrected chi connectivity index (χ3v) is 3.64. The molecule has 112 valence electrons. The number of rotatable bonds is 5. The van der Waals surface area contributed by atoms with Crippen molar-refractivity contribution in [3.63, 3.8) is 0 Å². The molecule has 21 heavy (non-hydrogen) atoms. The van der Waals surface area contributed by atoms with Crippen LogP contribution in [-0.2, 0) is 4.74 Å². The molecule has 2 atom stereocenters. The molecular formula is C17H19F2NO. The van der Waals surface area contributed by atoms with Crippen molar-refractivity contribution in [2.75, 3.05) is 14.2 Å². The first-order valence-corrected chi connectivity index (χ1v) is 6.79. The van der Waals surface area contributed by atoms with Gasteiger partial charge < -0.3 is 10.1 Å². The smallest absolute Gasteiger partial charge is 0.163 e. The average Bonchev–Trinajstić information content (AvgIpc) is 2.52. The van der Waals surface area contributed by atoms with E-state index in [0.29, 0.717) is 5.56 Å². The highest BCUT2D eigenvalue weighted by atomic mass is 19.2. The lowest BCUT2D eigenvalue weighted by Gasteiger charge is -2.27. The summed E-state index contributed by atoms with van der Waals surface area (Å²) in [4.78, 5) is 0. The maximum atomic E-state index is 14.2. The molecule has 0 aliphatic carbocycles. The van der Waals surface area contributed by atoms with E-state index in [1.165, 1.54) is 0 Å². The fourth-order valence-corrected chi connectivity index (χ4v) is 2.48. The number of methoxy groups -OCH3 is 1. The molecule has 0 spiro atoms. The van der Waals surface area contributed by atoms with Crippen molar-refractivity contribution in [1.29, 1.82) is 0 Å². The summed E-state index contributed by atoms with van der Waals surface area (Å²) < 4.78 is 33.6. The Balaban J connectivity index is 2.45. The quantitative estimate of drug-likeness (QED) is 0.901. The van der Waals surface area contributed by atoms with E-state index in [1.54, 1.807) is 33.2 Å². The van der Waals surface area contributed by atoms with E-state index in [2.05, 4.69) is 5.32 Å². The van der Waals surface area contributed by atoms with Gasteiger partial charge in [0.15, 0.2) is 11.6 Å². The second kappa shape index (κ2) is 6.78. The Kier molecular flexibility index (Phi) is 5.04. The summed E-state index contributed by atoms with van der Waals surface area (Å²) in [5, 5.41) is 3.02. The van der Waals surface area contributed by atoms with Crippen LogP contribution in [0.1, 0.15) is 28.8 Å². The van der Waals surface area contributed by atoms with E-state index in [-0.39, 0.29) is 5.56 Å². The molecule has 0 amide bonds. The molecule has 0 heterocycles. The Morgan fingerprint density at radius 3 is 2.24 bits per heavy atom. The van der Waals surface area contributed by atoms with Gasteiger partial charge in [-0.25, -0.2) is 8.78 Å². The molecule has 0 saturated heterocycles. The minimum Gasteiger partial charge on any atom is -0.375 e. The lowest BCUT2D eigenvalue weighted by atomic mass is 9.94. The Bertz CT molecular complexity index is 601. The maximum Gasteiger partial charge on any atom is 0.163 e. The summed E-state index contributed by atoms with van der Waals surface area (Å²) in [6, 6.07) is 12.2. The molecular weight excluding hydrogens is 272 g/mol. The number of likely N-dealkylation sites (N-methyl/N-ethyl adjacent to an activating group) is 1. The van der Waals surface area contributed by atoms with Crippen LogP contribution in [0.5, 0.6) is 0 Å². The molecule has 0 radical (unpaired) electrons. The number of aryl methyl sites for hydroxylation is 1. The maximum absolute atomic E-state index is 14.2. The number of hydrogen-bond donors (Lipinski definition) is 1. The Labute approximate surface area is 123 Å². The zero-order chi connectivity index (χ0) is 15.4. The number of benzene rings is 2. The van der Waals surface area contributed by atoms with Crippen LogP contribution in [0, 0.1) is 18.6 Å². The Morgan fingerprint density at radius 1 is 1.00 bits per heavy atom. The lowest BCUT2D eigenvalue weighted by Crippen LogP contribution is -2.26. The average molecular weight is 291 g/mol. The summed E-state index contributed by atoms with van der Waals surface area (Å²) in [5.74, 6) is -1.64. The highest BCUT2D eigenvalue weighted by molar-refractivity contribution is 5.31. The molecule has 2 aromatic rings. The molecule has 2 nitrogen and oxygen atoms in total. The molecule has 0 saturated carbocycles. The number of hydrogen-bond acceptors (Lipinski definition) is 2. The monoisotopic (exact) mass is 291 g/mol. The fraction of sp³-hybridized carbons (Fsp3) is 0.294. The van der Waals surface area contributed by atoms with E-state index >= 15 is 0 Å². The second-order valence-corrected chi connectivity index (χ2v) is 4.93. The zero-order valence-electron chi connectivity index (χ0n) is 12.4. The first-order valence-electron chi connectivity index (χ1n) is 6.79. The standard InChI is InChI=1S/C17H19F2NO/c1-11-9-10-13(15(19)14(11)18)16(20-2)17(21-3)12-7-5-4-6-8-12/h4-10,16-17,20H,1-3H3. The van der Waals surface area contributed by atoms with Gasteiger partial charge in [-0.3, -0.25) is 0 Å². The first kappa shape index (κ1) is 15.6. The predicted octanol–water partition coefficient (Wildman–Crippen LogP) is 3.92. The van der Waals surface area contributed by atoms with Crippen molar-refractivity contribution >= 4 is 0 Å². The minimum absolute atomic E-state index is 0.260. The molecule has 4 heteroatoms. The van der Waals surface area contributed by atoms with Gasteiger partial charge in [-0.1, -0.05) is 42.5 Å². The molecule has 0 bridgehead atoms. The Hall–Kier alpha value is -1.78. The van der Waals surface area contributed by atoms with Crippen molar-refractivity contribution in [2.45, 2.75) is 19.1 Å². The topological polar surface area (TPSA) is 21.3 Å². The van der Waals surface area contributed by atoms with Gasteiger partial charge in [0.05, 0.1) is 6.04 Å². The van der Waals surface area contributed by atoms with Gasteiger partial charge in [0, 0.05) is 12.7 Å². The largest absolute Gasteiger partial charge is 0.375 e. The van der Waals surface area contributed by atoms with Crippen LogP contribution in [0.25, 0.3) is 0 Å². The van der Waals surface area contributed by atoms with Crippen LogP contribution < -0.4 is 5.32 Å². The van der Waals surface area contributed by atoms with Crippen molar-refractivity contribution in [1.82, 2.24) is 5.32 Å². The van der Waals surface area contributed by atoms with Gasteiger partial charge in [-0.05, 0) is 25.1 Å². The fourth-order valence-electron chi connectivity index (χ4n) is 2.48. The molecule has 2 aromatic carbocycles. The first-order chi connectivity index (χ1) is 10.1. The van der Waals surface area contributed by atoms with Gasteiger partial charge in [0.2, 0.25) is 0 Å². The highest BCUT2D eigenvalue weighted by Gasteiger charge is 2.27. The summed E-state index contributed by atoms with van der Waals surface area (Å²) in [6.07, 6.45) is -0.409. The number of nitrogens with one attached hydrogen (secondary N) is 1. The van der Waals surface area contributed by atoms with E-state index < -0.39 is 23.8 Å². The lowest BCUT2D eigenvalue weighted by molar-refractivity contribution is 0.0688. The van der Waals surface area contributed by atoms with Gasteiger partial charge in [-0.2, -0.15) is 0 Å². The van der Waals surface area contributed by atoms with E-state index in [4.69, 9.17) is 4.74 Å². The van der Waals surface area contributed by atoms with Gasteiger partial charge in [0.1, 0.15) is 6.10 Å². The summed E-state index contributed by atoms with van der Waals surface area (Å²) in [6.45, 7) is 1.54. The summed E-state index contributed by atoms with van der Waals surface area (Å²) >= 11 is 0. The zero-order valence-corrected chi connectivity index (χ0v) is 12.4. The normalized spacial score (nSPS) is 14.0. The highest BCUT2D eigenvalue weighted by Crippen LogP contribution is 2.33. The number of halogens is 2. The third-order valence-electron chi connectivity index (χ3n) is 3.64. The molecule has 0 aromatic heterocycles. The van der Waals surface area contributed by atoms with Gasteiger partial charge >= 0.3 is 0 Å². The Morgan fingerprint density at radius 2 is 1.67 bits per heavy atom. The van der Waals surface area contributed by atoms with Crippen molar-refractivity contribution in [3.05, 3.63) is 70.8 Å². The van der Waals surface area contributed by atoms with Crippen LogP contribution in [0.15, 0.2) is 42.5 Å². The van der Waals surface area contributed by atoms with E-state index in [9.17, 15) is 8.78 Å². The van der Waals surface area contributed by atoms with Crippen LogP contribution in [0.3, 0.4) is 0 Å². The van der Waals surface area contributed by atoms with Crippen LogP contribution in [0.2, 0.25) is 0 Å². The molecule has 0 aliphatic rings.